The van der Waals surface area contributed by atoms with Gasteiger partial charge in [0, 0.05) is 15.6 Å². The van der Waals surface area contributed by atoms with E-state index < -0.39 is 11.8 Å². The molecule has 0 spiro atoms. The van der Waals surface area contributed by atoms with Crippen molar-refractivity contribution < 1.29 is 14.3 Å². The number of carbonyl (C=O) groups is 2. The molecule has 3 aromatic carbocycles. The summed E-state index contributed by atoms with van der Waals surface area (Å²) >= 11 is 4.57. The second kappa shape index (κ2) is 11.3. The number of rotatable bonds is 7. The molecule has 8 nitrogen and oxygen atoms in total. The summed E-state index contributed by atoms with van der Waals surface area (Å²) in [7, 11) is 0. The number of hydrogen-bond donors (Lipinski definition) is 2. The Bertz CT molecular complexity index is 1310. The molecule has 0 aliphatic rings. The first kappa shape index (κ1) is 23.3. The Balaban J connectivity index is 1.32. The topological polar surface area (TPSA) is 106 Å². The van der Waals surface area contributed by atoms with Crippen LogP contribution in [0.5, 0.6) is 5.75 Å². The fourth-order valence-electron chi connectivity index (χ4n) is 2.80. The fraction of sp³-hybridized carbons (Fsp3) is 0.0417. The minimum absolute atomic E-state index is 0.217. The molecule has 1 aromatic heterocycles. The monoisotopic (exact) mass is 535 g/mol. The number of nitrogens with one attached hydrogen (secondary N) is 2. The maximum atomic E-state index is 12.2. The highest BCUT2D eigenvalue weighted by Crippen LogP contribution is 2.25. The third-order valence-corrected chi connectivity index (χ3v) is 5.89. The van der Waals surface area contributed by atoms with Crippen molar-refractivity contribution in [3.05, 3.63) is 94.5 Å². The smallest absolute Gasteiger partial charge is 0.329 e. The molecule has 0 saturated heterocycles. The van der Waals surface area contributed by atoms with E-state index in [4.69, 9.17) is 4.74 Å². The van der Waals surface area contributed by atoms with Crippen LogP contribution < -0.4 is 15.5 Å². The summed E-state index contributed by atoms with van der Waals surface area (Å²) in [4.78, 5) is 24.3. The van der Waals surface area contributed by atoms with Gasteiger partial charge in [-0.25, -0.2) is 5.43 Å². The van der Waals surface area contributed by atoms with Gasteiger partial charge in [0.05, 0.1) is 6.21 Å². The number of hydrazone groups is 1. The van der Waals surface area contributed by atoms with Gasteiger partial charge in [-0.3, -0.25) is 14.9 Å². The molecule has 0 bridgehead atoms. The second-order valence-electron chi connectivity index (χ2n) is 6.88. The predicted molar refractivity (Wildman–Crippen MR) is 135 cm³/mol. The van der Waals surface area contributed by atoms with Crippen LogP contribution in [0.1, 0.15) is 11.1 Å². The number of benzene rings is 3. The molecule has 0 saturated carbocycles. The molecule has 0 fully saturated rings. The van der Waals surface area contributed by atoms with Crippen molar-refractivity contribution in [2.75, 3.05) is 5.32 Å². The number of hydrogen-bond acceptors (Lipinski definition) is 7. The van der Waals surface area contributed by atoms with Crippen molar-refractivity contribution in [3.63, 3.8) is 0 Å². The van der Waals surface area contributed by atoms with E-state index in [0.717, 1.165) is 15.6 Å². The van der Waals surface area contributed by atoms with Gasteiger partial charge in [0.25, 0.3) is 0 Å². The Morgan fingerprint density at radius 1 is 0.941 bits per heavy atom. The second-order valence-corrected chi connectivity index (χ2v) is 8.78. The molecule has 0 radical (unpaired) electrons. The van der Waals surface area contributed by atoms with E-state index in [9.17, 15) is 9.59 Å². The first-order chi connectivity index (χ1) is 16.6. The van der Waals surface area contributed by atoms with Gasteiger partial charge in [-0.2, -0.15) is 5.10 Å². The lowest BCUT2D eigenvalue weighted by molar-refractivity contribution is -0.136. The SMILES string of the molecule is O=C(N/N=C\c1ccccc1OCc1ccc(Br)cc1)C(=O)Nc1nnc(-c2ccccc2)s1. The normalized spacial score (nSPS) is 10.7. The molecule has 170 valence electrons. The molecular formula is C24H18BrN5O3S. The van der Waals surface area contributed by atoms with E-state index in [1.54, 1.807) is 12.1 Å². The lowest BCUT2D eigenvalue weighted by atomic mass is 10.2. The van der Waals surface area contributed by atoms with E-state index in [0.29, 0.717) is 22.9 Å². The van der Waals surface area contributed by atoms with Gasteiger partial charge in [0.2, 0.25) is 5.13 Å². The third-order valence-electron chi connectivity index (χ3n) is 4.47. The minimum Gasteiger partial charge on any atom is -0.488 e. The summed E-state index contributed by atoms with van der Waals surface area (Å²) in [5, 5.41) is 15.1. The average molecular weight is 536 g/mol. The zero-order chi connectivity index (χ0) is 23.8. The molecule has 4 aromatic rings. The Kier molecular flexibility index (Phi) is 7.74. The fourth-order valence-corrected chi connectivity index (χ4v) is 3.81. The standard InChI is InChI=1S/C24H18BrN5O3S/c25-19-12-10-16(11-13-19)15-33-20-9-5-4-8-18(20)14-26-28-22(32)21(31)27-24-30-29-23(34-24)17-6-2-1-3-7-17/h1-14H,15H2,(H,28,32)(H,27,30,31)/b26-14-. The number of para-hydroxylation sites is 1. The van der Waals surface area contributed by atoms with E-state index in [-0.39, 0.29) is 5.13 Å². The number of ether oxygens (including phenoxy) is 1. The van der Waals surface area contributed by atoms with E-state index in [2.05, 4.69) is 42.0 Å². The first-order valence-corrected chi connectivity index (χ1v) is 11.7. The quantitative estimate of drug-likeness (QED) is 0.204. The maximum absolute atomic E-state index is 12.2. The van der Waals surface area contributed by atoms with Crippen LogP contribution in [0.25, 0.3) is 10.6 Å². The van der Waals surface area contributed by atoms with Crippen LogP contribution >= 0.6 is 27.3 Å². The van der Waals surface area contributed by atoms with E-state index in [1.807, 2.05) is 66.7 Å². The predicted octanol–water partition coefficient (Wildman–Crippen LogP) is 4.64. The first-order valence-electron chi connectivity index (χ1n) is 10.1. The van der Waals surface area contributed by atoms with Crippen molar-refractivity contribution in [1.82, 2.24) is 15.6 Å². The van der Waals surface area contributed by atoms with Crippen LogP contribution in [-0.4, -0.2) is 28.2 Å². The Morgan fingerprint density at radius 2 is 1.68 bits per heavy atom. The highest BCUT2D eigenvalue weighted by molar-refractivity contribution is 9.10. The van der Waals surface area contributed by atoms with Gasteiger partial charge >= 0.3 is 11.8 Å². The number of amides is 2. The van der Waals surface area contributed by atoms with Crippen molar-refractivity contribution in [2.45, 2.75) is 6.61 Å². The number of nitrogens with zero attached hydrogens (tertiary/aromatic N) is 3. The molecule has 0 atom stereocenters. The van der Waals surface area contributed by atoms with Gasteiger partial charge in [-0.05, 0) is 29.8 Å². The largest absolute Gasteiger partial charge is 0.488 e. The highest BCUT2D eigenvalue weighted by Gasteiger charge is 2.16. The molecule has 10 heteroatoms. The summed E-state index contributed by atoms with van der Waals surface area (Å²) in [5.74, 6) is -1.23. The maximum Gasteiger partial charge on any atom is 0.329 e. The van der Waals surface area contributed by atoms with Crippen molar-refractivity contribution >= 4 is 50.4 Å². The molecule has 4 rings (SSSR count). The van der Waals surface area contributed by atoms with Gasteiger partial charge in [-0.1, -0.05) is 81.9 Å². The van der Waals surface area contributed by atoms with Crippen LogP contribution in [0.15, 0.2) is 88.4 Å². The van der Waals surface area contributed by atoms with Crippen LogP contribution in [0.4, 0.5) is 5.13 Å². The Morgan fingerprint density at radius 3 is 2.47 bits per heavy atom. The Labute approximate surface area is 207 Å². The van der Waals surface area contributed by atoms with Gasteiger partial charge in [0.1, 0.15) is 17.4 Å². The third kappa shape index (κ3) is 6.33. The summed E-state index contributed by atoms with van der Waals surface area (Å²) in [5.41, 5.74) is 4.74. The Hall–Kier alpha value is -3.89. The van der Waals surface area contributed by atoms with Crippen molar-refractivity contribution in [1.29, 1.82) is 0 Å². The summed E-state index contributed by atoms with van der Waals surface area (Å²) in [6.45, 7) is 0.375. The van der Waals surface area contributed by atoms with E-state index in [1.165, 1.54) is 17.6 Å². The van der Waals surface area contributed by atoms with Gasteiger partial charge in [-0.15, -0.1) is 10.2 Å². The number of halogens is 1. The van der Waals surface area contributed by atoms with Gasteiger partial charge in [0.15, 0.2) is 0 Å². The minimum atomic E-state index is -0.930. The lowest BCUT2D eigenvalue weighted by Gasteiger charge is -2.09. The summed E-state index contributed by atoms with van der Waals surface area (Å²) < 4.78 is 6.87. The summed E-state index contributed by atoms with van der Waals surface area (Å²) in [6.07, 6.45) is 1.42. The molecule has 0 aliphatic heterocycles. The lowest BCUT2D eigenvalue weighted by Crippen LogP contribution is -2.32. The molecule has 0 aliphatic carbocycles. The zero-order valence-corrected chi connectivity index (χ0v) is 20.0. The molecule has 0 unspecified atom stereocenters. The van der Waals surface area contributed by atoms with Crippen LogP contribution in [-0.2, 0) is 16.2 Å². The van der Waals surface area contributed by atoms with Crippen LogP contribution in [0.3, 0.4) is 0 Å². The summed E-state index contributed by atoms with van der Waals surface area (Å²) in [6, 6.07) is 24.5. The highest BCUT2D eigenvalue weighted by atomic mass is 79.9. The number of aromatic nitrogens is 2. The molecule has 34 heavy (non-hydrogen) atoms. The van der Waals surface area contributed by atoms with Crippen molar-refractivity contribution in [3.8, 4) is 16.3 Å². The number of anilines is 1. The molecule has 2 amide bonds. The van der Waals surface area contributed by atoms with Crippen LogP contribution in [0, 0.1) is 0 Å². The zero-order valence-electron chi connectivity index (χ0n) is 17.6. The van der Waals surface area contributed by atoms with Crippen LogP contribution in [0.2, 0.25) is 0 Å². The average Bonchev–Trinajstić information content (AvgIpc) is 3.33. The number of carbonyl (C=O) groups excluding carboxylic acids is 2. The van der Waals surface area contributed by atoms with Crippen molar-refractivity contribution in [2.24, 2.45) is 5.10 Å². The van der Waals surface area contributed by atoms with E-state index >= 15 is 0 Å². The molecular weight excluding hydrogens is 518 g/mol. The van der Waals surface area contributed by atoms with Gasteiger partial charge < -0.3 is 4.74 Å². The molecule has 1 heterocycles. The molecule has 2 N–H and O–H groups in total.